The zero-order valence-corrected chi connectivity index (χ0v) is 7.73. The molecule has 0 spiro atoms. The predicted octanol–water partition coefficient (Wildman–Crippen LogP) is 0.609. The Morgan fingerprint density at radius 1 is 1.64 bits per heavy atom. The number of nitrogens with zero attached hydrogens (tertiary/aromatic N) is 3. The predicted molar refractivity (Wildman–Crippen MR) is 50.6 cm³/mol. The third-order valence-electron chi connectivity index (χ3n) is 1.56. The number of hydrogen-bond acceptors (Lipinski definition) is 5. The van der Waals surface area contributed by atoms with E-state index in [0.29, 0.717) is 5.13 Å². The minimum absolute atomic E-state index is 0.132. The van der Waals surface area contributed by atoms with Crippen molar-refractivity contribution in [1.82, 2.24) is 14.8 Å². The minimum Gasteiger partial charge on any atom is -0.476 e. The van der Waals surface area contributed by atoms with Gasteiger partial charge in [0.05, 0.1) is 11.9 Å². The number of aromatic carboxylic acids is 1. The summed E-state index contributed by atoms with van der Waals surface area (Å²) in [6, 6.07) is 0. The first-order chi connectivity index (χ1) is 6.68. The SMILES string of the molecule is Nc1cn(-c2nccs2)nc1C(=O)O. The second-order valence-electron chi connectivity index (χ2n) is 2.50. The Hall–Kier alpha value is -1.89. The summed E-state index contributed by atoms with van der Waals surface area (Å²) in [5.41, 5.74) is 5.44. The molecule has 0 atom stereocenters. The van der Waals surface area contributed by atoms with Crippen LogP contribution in [-0.4, -0.2) is 25.8 Å². The van der Waals surface area contributed by atoms with Crippen LogP contribution >= 0.6 is 11.3 Å². The van der Waals surface area contributed by atoms with Crippen molar-refractivity contribution in [2.75, 3.05) is 5.73 Å². The first kappa shape index (κ1) is 8.70. The molecule has 14 heavy (non-hydrogen) atoms. The fourth-order valence-electron chi connectivity index (χ4n) is 0.981. The van der Waals surface area contributed by atoms with Gasteiger partial charge in [0.1, 0.15) is 0 Å². The molecule has 0 radical (unpaired) electrons. The molecule has 3 N–H and O–H groups in total. The number of carboxylic acids is 1. The largest absolute Gasteiger partial charge is 0.476 e. The third kappa shape index (κ3) is 1.33. The van der Waals surface area contributed by atoms with Gasteiger partial charge in [0.25, 0.3) is 0 Å². The Morgan fingerprint density at radius 3 is 2.93 bits per heavy atom. The molecule has 0 unspecified atom stereocenters. The fraction of sp³-hybridized carbons (Fsp3) is 0. The number of rotatable bonds is 2. The van der Waals surface area contributed by atoms with E-state index in [0.717, 1.165) is 0 Å². The standard InChI is InChI=1S/C7H6N4O2S/c8-4-3-11(7-9-1-2-14-7)10-5(4)6(12)13/h1-3H,8H2,(H,12,13). The number of hydrogen-bond donors (Lipinski definition) is 2. The van der Waals surface area contributed by atoms with Gasteiger partial charge < -0.3 is 10.8 Å². The summed E-state index contributed by atoms with van der Waals surface area (Å²) in [4.78, 5) is 14.6. The first-order valence-electron chi connectivity index (χ1n) is 3.67. The highest BCUT2D eigenvalue weighted by Crippen LogP contribution is 2.15. The molecule has 0 bridgehead atoms. The molecule has 6 nitrogen and oxygen atoms in total. The van der Waals surface area contributed by atoms with Gasteiger partial charge >= 0.3 is 5.97 Å². The molecule has 0 aromatic carbocycles. The summed E-state index contributed by atoms with van der Waals surface area (Å²) in [5.74, 6) is -1.14. The van der Waals surface area contributed by atoms with Crippen LogP contribution in [-0.2, 0) is 0 Å². The van der Waals surface area contributed by atoms with Crippen molar-refractivity contribution >= 4 is 23.0 Å². The Balaban J connectivity index is 2.48. The molecule has 0 saturated carbocycles. The van der Waals surface area contributed by atoms with Crippen molar-refractivity contribution in [3.63, 3.8) is 0 Å². The number of nitrogens with two attached hydrogens (primary N) is 1. The summed E-state index contributed by atoms with van der Waals surface area (Å²) in [6.07, 6.45) is 3.04. The second kappa shape index (κ2) is 3.11. The number of aromatic nitrogens is 3. The van der Waals surface area contributed by atoms with Crippen LogP contribution in [0.4, 0.5) is 5.69 Å². The maximum absolute atomic E-state index is 10.6. The lowest BCUT2D eigenvalue weighted by molar-refractivity contribution is 0.0691. The monoisotopic (exact) mass is 210 g/mol. The number of nitrogen functional groups attached to an aromatic ring is 1. The summed E-state index contributed by atoms with van der Waals surface area (Å²) in [6.45, 7) is 0. The van der Waals surface area contributed by atoms with Gasteiger partial charge in [-0.3, -0.25) is 0 Å². The van der Waals surface area contributed by atoms with Gasteiger partial charge in [-0.15, -0.1) is 11.3 Å². The van der Waals surface area contributed by atoms with Gasteiger partial charge in [-0.1, -0.05) is 0 Å². The second-order valence-corrected chi connectivity index (χ2v) is 3.37. The van der Waals surface area contributed by atoms with E-state index < -0.39 is 5.97 Å². The van der Waals surface area contributed by atoms with Gasteiger partial charge in [0.15, 0.2) is 5.69 Å². The van der Waals surface area contributed by atoms with Crippen LogP contribution in [0, 0.1) is 0 Å². The number of carbonyl (C=O) groups is 1. The van der Waals surface area contributed by atoms with Crippen molar-refractivity contribution in [2.45, 2.75) is 0 Å². The topological polar surface area (TPSA) is 94.0 Å². The van der Waals surface area contributed by atoms with Crippen LogP contribution in [0.2, 0.25) is 0 Å². The molecule has 0 fully saturated rings. The Bertz CT molecular complexity index is 462. The minimum atomic E-state index is -1.14. The van der Waals surface area contributed by atoms with Crippen LogP contribution in [0.15, 0.2) is 17.8 Å². The molecular formula is C7H6N4O2S. The zero-order valence-electron chi connectivity index (χ0n) is 6.91. The Morgan fingerprint density at radius 2 is 2.43 bits per heavy atom. The average molecular weight is 210 g/mol. The van der Waals surface area contributed by atoms with Crippen LogP contribution in [0.25, 0.3) is 5.13 Å². The van der Waals surface area contributed by atoms with E-state index >= 15 is 0 Å². The lowest BCUT2D eigenvalue weighted by atomic mass is 10.4. The molecule has 2 aromatic rings. The quantitative estimate of drug-likeness (QED) is 0.757. The van der Waals surface area contributed by atoms with Gasteiger partial charge in [-0.2, -0.15) is 5.10 Å². The zero-order chi connectivity index (χ0) is 10.1. The average Bonchev–Trinajstić information content (AvgIpc) is 2.70. The van der Waals surface area contributed by atoms with Crippen molar-refractivity contribution in [2.24, 2.45) is 0 Å². The van der Waals surface area contributed by atoms with E-state index in [1.165, 1.54) is 22.2 Å². The molecule has 0 aliphatic heterocycles. The van der Waals surface area contributed by atoms with Gasteiger partial charge in [-0.25, -0.2) is 14.5 Å². The molecule has 2 heterocycles. The van der Waals surface area contributed by atoms with Crippen LogP contribution < -0.4 is 5.73 Å². The van der Waals surface area contributed by atoms with Gasteiger partial charge in [0, 0.05) is 11.6 Å². The van der Waals surface area contributed by atoms with E-state index in [-0.39, 0.29) is 11.4 Å². The van der Waals surface area contributed by atoms with E-state index in [1.54, 1.807) is 11.6 Å². The van der Waals surface area contributed by atoms with Crippen molar-refractivity contribution in [1.29, 1.82) is 0 Å². The van der Waals surface area contributed by atoms with Crippen molar-refractivity contribution in [3.05, 3.63) is 23.5 Å². The van der Waals surface area contributed by atoms with Crippen LogP contribution in [0.3, 0.4) is 0 Å². The normalized spacial score (nSPS) is 10.3. The summed E-state index contributed by atoms with van der Waals surface area (Å²) in [7, 11) is 0. The molecule has 2 rings (SSSR count). The third-order valence-corrected chi connectivity index (χ3v) is 2.32. The smallest absolute Gasteiger partial charge is 0.358 e. The molecular weight excluding hydrogens is 204 g/mol. The van der Waals surface area contributed by atoms with E-state index in [4.69, 9.17) is 10.8 Å². The van der Waals surface area contributed by atoms with Gasteiger partial charge in [-0.05, 0) is 0 Å². The lowest BCUT2D eigenvalue weighted by Gasteiger charge is -1.90. The highest BCUT2D eigenvalue weighted by Gasteiger charge is 2.14. The Kier molecular flexibility index (Phi) is 1.93. The van der Waals surface area contributed by atoms with Crippen molar-refractivity contribution in [3.8, 4) is 5.13 Å². The molecule has 72 valence electrons. The maximum atomic E-state index is 10.6. The highest BCUT2D eigenvalue weighted by molar-refractivity contribution is 7.12. The maximum Gasteiger partial charge on any atom is 0.358 e. The molecule has 2 aromatic heterocycles. The van der Waals surface area contributed by atoms with E-state index in [1.807, 2.05) is 0 Å². The molecule has 0 amide bonds. The number of anilines is 1. The number of carboxylic acid groups (broad SMARTS) is 1. The molecule has 0 aliphatic carbocycles. The lowest BCUT2D eigenvalue weighted by Crippen LogP contribution is -2.02. The van der Waals surface area contributed by atoms with E-state index in [2.05, 4.69) is 10.1 Å². The molecule has 0 saturated heterocycles. The number of thiazole rings is 1. The first-order valence-corrected chi connectivity index (χ1v) is 4.55. The van der Waals surface area contributed by atoms with Gasteiger partial charge in [0.2, 0.25) is 5.13 Å². The Labute approximate surface area is 82.6 Å². The summed E-state index contributed by atoms with van der Waals surface area (Å²) in [5, 5.41) is 14.9. The molecule has 7 heteroatoms. The molecule has 0 aliphatic rings. The van der Waals surface area contributed by atoms with Crippen molar-refractivity contribution < 1.29 is 9.90 Å². The van der Waals surface area contributed by atoms with Crippen LogP contribution in [0.1, 0.15) is 10.5 Å². The summed E-state index contributed by atoms with van der Waals surface area (Å²) < 4.78 is 1.35. The highest BCUT2D eigenvalue weighted by atomic mass is 32.1. The summed E-state index contributed by atoms with van der Waals surface area (Å²) >= 11 is 1.35. The van der Waals surface area contributed by atoms with E-state index in [9.17, 15) is 4.79 Å². The van der Waals surface area contributed by atoms with Crippen LogP contribution in [0.5, 0.6) is 0 Å². The fourth-order valence-corrected chi connectivity index (χ4v) is 1.55.